The minimum absolute atomic E-state index is 0.00238. The van der Waals surface area contributed by atoms with E-state index in [1.54, 1.807) is 29.6 Å². The van der Waals surface area contributed by atoms with E-state index in [4.69, 9.17) is 12.2 Å². The zero-order chi connectivity index (χ0) is 18.3. The number of carbonyl (C=O) groups is 1. The topological polar surface area (TPSA) is 66.9 Å². The Bertz CT molecular complexity index is 1120. The average molecular weight is 473 g/mol. The van der Waals surface area contributed by atoms with Gasteiger partial charge in [-0.2, -0.15) is 0 Å². The molecule has 0 unspecified atom stereocenters. The van der Waals surface area contributed by atoms with Crippen LogP contribution in [0.5, 0.6) is 0 Å². The first-order valence-corrected chi connectivity index (χ1v) is 8.45. The molecular weight excluding hydrogens is 463 g/mol. The Morgan fingerprint density at radius 1 is 1.24 bits per heavy atom. The smallest absolute Gasteiger partial charge is 0.261 e. The number of halogens is 3. The van der Waals surface area contributed by atoms with Gasteiger partial charge >= 0.3 is 0 Å². The molecule has 1 heterocycles. The van der Waals surface area contributed by atoms with Gasteiger partial charge in [-0.05, 0) is 65.1 Å². The van der Waals surface area contributed by atoms with Gasteiger partial charge in [0.05, 0.1) is 14.5 Å². The van der Waals surface area contributed by atoms with Gasteiger partial charge in [-0.15, -0.1) is 0 Å². The molecule has 2 N–H and O–H groups in total. The summed E-state index contributed by atoms with van der Waals surface area (Å²) in [7, 11) is 1.54. The van der Waals surface area contributed by atoms with Crippen molar-refractivity contribution in [3.63, 3.8) is 0 Å². The Balaban J connectivity index is 1.99. The second kappa shape index (κ2) is 6.64. The van der Waals surface area contributed by atoms with Gasteiger partial charge in [0, 0.05) is 18.3 Å². The monoisotopic (exact) mass is 473 g/mol. The highest BCUT2D eigenvalue weighted by atomic mass is 127. The van der Waals surface area contributed by atoms with E-state index in [1.165, 1.54) is 22.8 Å². The third kappa shape index (κ3) is 3.33. The van der Waals surface area contributed by atoms with Crippen LogP contribution in [0.25, 0.3) is 10.9 Å². The number of nitrogens with zero attached hydrogens (tertiary/aromatic N) is 1. The molecule has 128 valence electrons. The standard InChI is InChI=1S/C16H10F2IN3O2S/c1-22-15(24)9-3-2-7(4-12(9)21-16(22)25)14(23)20-8-5-10(17)13(19)11(18)6-8/h2-6H,1H3,(H,20,23)(H,21,25). The summed E-state index contributed by atoms with van der Waals surface area (Å²) < 4.78 is 28.5. The number of hydrogen-bond donors (Lipinski definition) is 2. The van der Waals surface area contributed by atoms with Crippen LogP contribution in [0, 0.1) is 20.0 Å². The summed E-state index contributed by atoms with van der Waals surface area (Å²) in [5, 5.41) is 2.80. The number of hydrogen-bond acceptors (Lipinski definition) is 3. The summed E-state index contributed by atoms with van der Waals surface area (Å²) in [5.41, 5.74) is 0.330. The fourth-order valence-corrected chi connectivity index (χ4v) is 2.78. The molecule has 0 aliphatic carbocycles. The van der Waals surface area contributed by atoms with Crippen LogP contribution in [0.4, 0.5) is 14.5 Å². The maximum Gasteiger partial charge on any atom is 0.261 e. The molecule has 5 nitrogen and oxygen atoms in total. The minimum atomic E-state index is -0.762. The molecule has 1 aromatic heterocycles. The van der Waals surface area contributed by atoms with Gasteiger partial charge < -0.3 is 10.3 Å². The van der Waals surface area contributed by atoms with E-state index in [2.05, 4.69) is 10.3 Å². The maximum atomic E-state index is 13.6. The molecule has 3 rings (SSSR count). The fraction of sp³-hybridized carbons (Fsp3) is 0.0625. The lowest BCUT2D eigenvalue weighted by atomic mass is 10.1. The van der Waals surface area contributed by atoms with Gasteiger partial charge in [-0.25, -0.2) is 8.78 Å². The molecule has 0 aliphatic rings. The number of benzene rings is 2. The van der Waals surface area contributed by atoms with E-state index in [0.717, 1.165) is 12.1 Å². The lowest BCUT2D eigenvalue weighted by Crippen LogP contribution is -2.19. The van der Waals surface area contributed by atoms with Crippen LogP contribution < -0.4 is 10.9 Å². The molecule has 0 aliphatic heterocycles. The molecule has 0 saturated heterocycles. The number of aromatic nitrogens is 2. The molecule has 0 saturated carbocycles. The molecule has 0 fully saturated rings. The van der Waals surface area contributed by atoms with Crippen LogP contribution in [-0.2, 0) is 7.05 Å². The number of anilines is 1. The van der Waals surface area contributed by atoms with Crippen molar-refractivity contribution in [3.05, 3.63) is 66.2 Å². The van der Waals surface area contributed by atoms with Gasteiger partial charge in [-0.1, -0.05) is 0 Å². The average Bonchev–Trinajstić information content (AvgIpc) is 2.57. The van der Waals surface area contributed by atoms with Crippen molar-refractivity contribution in [2.24, 2.45) is 7.05 Å². The summed E-state index contributed by atoms with van der Waals surface area (Å²) in [5.74, 6) is -2.09. The Morgan fingerprint density at radius 2 is 1.88 bits per heavy atom. The highest BCUT2D eigenvalue weighted by Crippen LogP contribution is 2.21. The quantitative estimate of drug-likeness (QED) is 0.339. The molecular formula is C16H10F2IN3O2S. The number of amides is 1. The van der Waals surface area contributed by atoms with E-state index in [9.17, 15) is 18.4 Å². The second-order valence-electron chi connectivity index (χ2n) is 5.26. The predicted molar refractivity (Wildman–Crippen MR) is 101 cm³/mol. The summed E-state index contributed by atoms with van der Waals surface area (Å²) >= 11 is 6.59. The Kier molecular flexibility index (Phi) is 4.69. The van der Waals surface area contributed by atoms with E-state index in [0.29, 0.717) is 10.9 Å². The van der Waals surface area contributed by atoms with Crippen LogP contribution in [0.15, 0.2) is 35.1 Å². The maximum absolute atomic E-state index is 13.6. The SMILES string of the molecule is Cn1c(=S)[nH]c2cc(C(=O)Nc3cc(F)c(I)c(F)c3)ccc2c1=O. The summed E-state index contributed by atoms with van der Waals surface area (Å²) in [6.45, 7) is 0. The van der Waals surface area contributed by atoms with Crippen molar-refractivity contribution in [2.75, 3.05) is 5.32 Å². The Hall–Kier alpha value is -2.14. The fourth-order valence-electron chi connectivity index (χ4n) is 2.28. The van der Waals surface area contributed by atoms with E-state index < -0.39 is 17.5 Å². The van der Waals surface area contributed by atoms with Crippen LogP contribution in [-0.4, -0.2) is 15.5 Å². The molecule has 3 aromatic rings. The first-order chi connectivity index (χ1) is 11.8. The van der Waals surface area contributed by atoms with Gasteiger partial charge in [0.15, 0.2) is 4.77 Å². The van der Waals surface area contributed by atoms with Crippen molar-refractivity contribution in [2.45, 2.75) is 0 Å². The largest absolute Gasteiger partial charge is 0.332 e. The molecule has 1 amide bonds. The highest BCUT2D eigenvalue weighted by molar-refractivity contribution is 14.1. The van der Waals surface area contributed by atoms with Crippen LogP contribution in [0.3, 0.4) is 0 Å². The van der Waals surface area contributed by atoms with Crippen molar-refractivity contribution >= 4 is 57.3 Å². The van der Waals surface area contributed by atoms with Crippen molar-refractivity contribution in [1.82, 2.24) is 9.55 Å². The Morgan fingerprint density at radius 3 is 2.52 bits per heavy atom. The van der Waals surface area contributed by atoms with E-state index in [-0.39, 0.29) is 25.2 Å². The van der Waals surface area contributed by atoms with E-state index >= 15 is 0 Å². The molecule has 0 spiro atoms. The Labute approximate surface area is 158 Å². The van der Waals surface area contributed by atoms with Gasteiger partial charge in [0.25, 0.3) is 11.5 Å². The van der Waals surface area contributed by atoms with Crippen LogP contribution >= 0.6 is 34.8 Å². The number of carbonyl (C=O) groups excluding carboxylic acids is 1. The zero-order valence-corrected chi connectivity index (χ0v) is 15.7. The molecule has 2 aromatic carbocycles. The molecule has 9 heteroatoms. The first kappa shape index (κ1) is 17.7. The van der Waals surface area contributed by atoms with Gasteiger partial charge in [-0.3, -0.25) is 14.2 Å². The lowest BCUT2D eigenvalue weighted by Gasteiger charge is -2.08. The third-order valence-corrected chi connectivity index (χ3v) is 5.01. The summed E-state index contributed by atoms with van der Waals surface area (Å²) in [6, 6.07) is 6.48. The first-order valence-electron chi connectivity index (χ1n) is 6.97. The summed E-state index contributed by atoms with van der Waals surface area (Å²) in [6.07, 6.45) is 0. The highest BCUT2D eigenvalue weighted by Gasteiger charge is 2.13. The number of nitrogens with one attached hydrogen (secondary N) is 2. The second-order valence-corrected chi connectivity index (χ2v) is 6.73. The molecule has 0 bridgehead atoms. The third-order valence-electron chi connectivity index (χ3n) is 3.60. The van der Waals surface area contributed by atoms with Gasteiger partial charge in [0.1, 0.15) is 11.6 Å². The van der Waals surface area contributed by atoms with Crippen molar-refractivity contribution < 1.29 is 13.6 Å². The van der Waals surface area contributed by atoms with E-state index in [1.807, 2.05) is 0 Å². The predicted octanol–water partition coefficient (Wildman–Crippen LogP) is 3.73. The normalized spacial score (nSPS) is 10.9. The molecule has 0 atom stereocenters. The molecule has 25 heavy (non-hydrogen) atoms. The molecule has 0 radical (unpaired) electrons. The van der Waals surface area contributed by atoms with Crippen molar-refractivity contribution in [3.8, 4) is 0 Å². The number of rotatable bonds is 2. The zero-order valence-electron chi connectivity index (χ0n) is 12.7. The summed E-state index contributed by atoms with van der Waals surface area (Å²) in [4.78, 5) is 27.3. The lowest BCUT2D eigenvalue weighted by molar-refractivity contribution is 0.102. The number of H-pyrrole nitrogens is 1. The van der Waals surface area contributed by atoms with Crippen LogP contribution in [0.2, 0.25) is 0 Å². The van der Waals surface area contributed by atoms with Gasteiger partial charge in [0.2, 0.25) is 0 Å². The number of fused-ring (bicyclic) bond motifs is 1. The minimum Gasteiger partial charge on any atom is -0.332 e. The van der Waals surface area contributed by atoms with Crippen LogP contribution in [0.1, 0.15) is 10.4 Å². The number of aromatic amines is 1. The van der Waals surface area contributed by atoms with Crippen molar-refractivity contribution in [1.29, 1.82) is 0 Å².